The number of ether oxygens (including phenoxy) is 1. The summed E-state index contributed by atoms with van der Waals surface area (Å²) >= 11 is 0. The SMILES string of the molecule is CC(C)C(=O)N(C)CCCN(C)C(=O)OCc1ccc(C(C)C)cc1. The molecule has 140 valence electrons. The van der Waals surface area contributed by atoms with Gasteiger partial charge in [-0.25, -0.2) is 4.79 Å². The second-order valence-electron chi connectivity index (χ2n) is 7.14. The Balaban J connectivity index is 2.33. The summed E-state index contributed by atoms with van der Waals surface area (Å²) in [4.78, 5) is 27.1. The Bertz CT molecular complexity index is 553. The van der Waals surface area contributed by atoms with Gasteiger partial charge in [0.15, 0.2) is 0 Å². The molecule has 0 spiro atoms. The maximum atomic E-state index is 12.0. The van der Waals surface area contributed by atoms with Crippen LogP contribution in [-0.4, -0.2) is 49.0 Å². The first-order valence-corrected chi connectivity index (χ1v) is 8.94. The molecule has 1 aromatic rings. The molecule has 0 radical (unpaired) electrons. The molecule has 0 fully saturated rings. The first kappa shape index (κ1) is 21.0. The largest absolute Gasteiger partial charge is 0.445 e. The molecule has 0 aliphatic rings. The van der Waals surface area contributed by atoms with Crippen LogP contribution in [-0.2, 0) is 16.1 Å². The maximum absolute atomic E-state index is 12.0. The van der Waals surface area contributed by atoms with Crippen LogP contribution in [0.4, 0.5) is 4.79 Å². The molecule has 0 saturated heterocycles. The van der Waals surface area contributed by atoms with E-state index < -0.39 is 0 Å². The molecule has 0 atom stereocenters. The van der Waals surface area contributed by atoms with E-state index in [0.29, 0.717) is 19.0 Å². The van der Waals surface area contributed by atoms with Crippen LogP contribution in [0.2, 0.25) is 0 Å². The Labute approximate surface area is 151 Å². The summed E-state index contributed by atoms with van der Waals surface area (Å²) in [6.07, 6.45) is 0.384. The fraction of sp³-hybridized carbons (Fsp3) is 0.600. The summed E-state index contributed by atoms with van der Waals surface area (Å²) < 4.78 is 5.34. The summed E-state index contributed by atoms with van der Waals surface area (Å²) in [5.41, 5.74) is 2.25. The van der Waals surface area contributed by atoms with Crippen LogP contribution >= 0.6 is 0 Å². The van der Waals surface area contributed by atoms with Gasteiger partial charge in [-0.15, -0.1) is 0 Å². The van der Waals surface area contributed by atoms with Crippen molar-refractivity contribution in [2.24, 2.45) is 5.92 Å². The Morgan fingerprint density at radius 1 is 0.960 bits per heavy atom. The first-order chi connectivity index (χ1) is 11.7. The van der Waals surface area contributed by atoms with E-state index in [2.05, 4.69) is 26.0 Å². The topological polar surface area (TPSA) is 49.9 Å². The normalized spacial score (nSPS) is 10.9. The number of benzene rings is 1. The van der Waals surface area contributed by atoms with E-state index in [-0.39, 0.29) is 24.5 Å². The molecular weight excluding hydrogens is 316 g/mol. The van der Waals surface area contributed by atoms with Crippen molar-refractivity contribution in [3.63, 3.8) is 0 Å². The van der Waals surface area contributed by atoms with Crippen LogP contribution in [0.3, 0.4) is 0 Å². The average molecular weight is 348 g/mol. The molecule has 0 bridgehead atoms. The monoisotopic (exact) mass is 348 g/mol. The van der Waals surface area contributed by atoms with E-state index in [1.165, 1.54) is 5.56 Å². The third kappa shape index (κ3) is 7.16. The quantitative estimate of drug-likeness (QED) is 0.716. The molecule has 5 nitrogen and oxygen atoms in total. The first-order valence-electron chi connectivity index (χ1n) is 8.94. The molecule has 0 heterocycles. The number of hydrogen-bond donors (Lipinski definition) is 0. The third-order valence-electron chi connectivity index (χ3n) is 4.18. The van der Waals surface area contributed by atoms with E-state index >= 15 is 0 Å². The van der Waals surface area contributed by atoms with Gasteiger partial charge in [0.1, 0.15) is 6.61 Å². The number of rotatable bonds is 8. The maximum Gasteiger partial charge on any atom is 0.409 e. The molecule has 25 heavy (non-hydrogen) atoms. The standard InChI is InChI=1S/C20H32N2O3/c1-15(2)18-10-8-17(9-11-18)14-25-20(24)22(6)13-7-12-21(5)19(23)16(3)4/h8-11,15-16H,7,12-14H2,1-6H3. The van der Waals surface area contributed by atoms with Gasteiger partial charge >= 0.3 is 6.09 Å². The van der Waals surface area contributed by atoms with Crippen molar-refractivity contribution in [1.82, 2.24) is 9.80 Å². The average Bonchev–Trinajstić information content (AvgIpc) is 2.58. The Morgan fingerprint density at radius 2 is 1.52 bits per heavy atom. The minimum absolute atomic E-state index is 0.00483. The molecule has 5 heteroatoms. The van der Waals surface area contributed by atoms with Crippen molar-refractivity contribution in [3.05, 3.63) is 35.4 Å². The summed E-state index contributed by atoms with van der Waals surface area (Å²) in [7, 11) is 3.51. The number of nitrogens with zero attached hydrogens (tertiary/aromatic N) is 2. The lowest BCUT2D eigenvalue weighted by atomic mass is 10.0. The second-order valence-corrected chi connectivity index (χ2v) is 7.14. The molecule has 2 amide bonds. The molecular formula is C20H32N2O3. The Morgan fingerprint density at radius 3 is 2.04 bits per heavy atom. The van der Waals surface area contributed by atoms with Crippen LogP contribution < -0.4 is 0 Å². The highest BCUT2D eigenvalue weighted by atomic mass is 16.6. The lowest BCUT2D eigenvalue weighted by Gasteiger charge is -2.21. The molecule has 0 saturated carbocycles. The van der Waals surface area contributed by atoms with Crippen LogP contribution in [0.5, 0.6) is 0 Å². The van der Waals surface area contributed by atoms with Gasteiger partial charge in [0.25, 0.3) is 0 Å². The predicted octanol–water partition coefficient (Wildman–Crippen LogP) is 3.88. The van der Waals surface area contributed by atoms with Gasteiger partial charge in [-0.05, 0) is 23.5 Å². The van der Waals surface area contributed by atoms with Gasteiger partial charge < -0.3 is 14.5 Å². The van der Waals surface area contributed by atoms with Crippen molar-refractivity contribution < 1.29 is 14.3 Å². The summed E-state index contributed by atoms with van der Waals surface area (Å²) in [5, 5.41) is 0. The van der Waals surface area contributed by atoms with Crippen LogP contribution in [0.15, 0.2) is 24.3 Å². The van der Waals surface area contributed by atoms with Gasteiger partial charge in [0.05, 0.1) is 0 Å². The Hall–Kier alpha value is -2.04. The fourth-order valence-electron chi connectivity index (χ4n) is 2.44. The van der Waals surface area contributed by atoms with E-state index in [4.69, 9.17) is 4.74 Å². The molecule has 0 aromatic heterocycles. The van der Waals surface area contributed by atoms with Crippen molar-refractivity contribution in [2.75, 3.05) is 27.2 Å². The van der Waals surface area contributed by atoms with Crippen LogP contribution in [0.1, 0.15) is 51.2 Å². The molecule has 0 aliphatic carbocycles. The van der Waals surface area contributed by atoms with Gasteiger partial charge in [0.2, 0.25) is 5.91 Å². The number of amides is 2. The summed E-state index contributed by atoms with van der Waals surface area (Å²) in [6, 6.07) is 8.13. The van der Waals surface area contributed by atoms with Crippen LogP contribution in [0.25, 0.3) is 0 Å². The van der Waals surface area contributed by atoms with Crippen molar-refractivity contribution in [3.8, 4) is 0 Å². The minimum Gasteiger partial charge on any atom is -0.445 e. The molecule has 1 rings (SSSR count). The highest BCUT2D eigenvalue weighted by molar-refractivity contribution is 5.77. The van der Waals surface area contributed by atoms with Crippen molar-refractivity contribution in [1.29, 1.82) is 0 Å². The Kier molecular flexibility index (Phi) is 8.46. The highest BCUT2D eigenvalue weighted by Crippen LogP contribution is 2.15. The van der Waals surface area contributed by atoms with Crippen molar-refractivity contribution in [2.45, 2.75) is 46.6 Å². The zero-order chi connectivity index (χ0) is 19.0. The molecule has 0 unspecified atom stereocenters. The van der Waals surface area contributed by atoms with Gasteiger partial charge in [0, 0.05) is 33.1 Å². The number of carbonyl (C=O) groups is 2. The van der Waals surface area contributed by atoms with Crippen LogP contribution in [0, 0.1) is 5.92 Å². The summed E-state index contributed by atoms with van der Waals surface area (Å²) in [6.45, 7) is 9.53. The fourth-order valence-corrected chi connectivity index (χ4v) is 2.44. The summed E-state index contributed by atoms with van der Waals surface area (Å²) in [5.74, 6) is 0.605. The minimum atomic E-state index is -0.342. The smallest absolute Gasteiger partial charge is 0.409 e. The lowest BCUT2D eigenvalue weighted by molar-refractivity contribution is -0.133. The molecule has 0 aliphatic heterocycles. The van der Waals surface area contributed by atoms with Gasteiger partial charge in [-0.2, -0.15) is 0 Å². The highest BCUT2D eigenvalue weighted by Gasteiger charge is 2.14. The van der Waals surface area contributed by atoms with E-state index in [0.717, 1.165) is 12.0 Å². The zero-order valence-electron chi connectivity index (χ0n) is 16.4. The lowest BCUT2D eigenvalue weighted by Crippen LogP contribution is -2.34. The van der Waals surface area contributed by atoms with Gasteiger partial charge in [-0.1, -0.05) is 52.0 Å². The predicted molar refractivity (Wildman–Crippen MR) is 100 cm³/mol. The van der Waals surface area contributed by atoms with E-state index in [9.17, 15) is 9.59 Å². The molecule has 0 N–H and O–H groups in total. The van der Waals surface area contributed by atoms with E-state index in [1.807, 2.05) is 26.0 Å². The van der Waals surface area contributed by atoms with E-state index in [1.54, 1.807) is 23.9 Å². The number of carbonyl (C=O) groups excluding carboxylic acids is 2. The zero-order valence-corrected chi connectivity index (χ0v) is 16.4. The number of hydrogen-bond acceptors (Lipinski definition) is 3. The second kappa shape index (κ2) is 10.1. The molecule has 1 aromatic carbocycles. The van der Waals surface area contributed by atoms with Crippen molar-refractivity contribution >= 4 is 12.0 Å². The third-order valence-corrected chi connectivity index (χ3v) is 4.18. The van der Waals surface area contributed by atoms with Gasteiger partial charge in [-0.3, -0.25) is 4.79 Å².